The fourth-order valence-corrected chi connectivity index (χ4v) is 1.30. The summed E-state index contributed by atoms with van der Waals surface area (Å²) in [6, 6.07) is 6.46. The molecule has 2 rings (SSSR count). The Balaban J connectivity index is 3.02. The van der Waals surface area contributed by atoms with Crippen LogP contribution in [0.25, 0.3) is 11.0 Å². The van der Waals surface area contributed by atoms with Gasteiger partial charge >= 0.3 is 0 Å². The van der Waals surface area contributed by atoms with Crippen molar-refractivity contribution < 1.29 is 4.43 Å². The van der Waals surface area contributed by atoms with Gasteiger partial charge in [-0.15, -0.1) is 0 Å². The Bertz CT molecular complexity index is 559. The SMILES string of the molecule is N=Cc1c[n+](=O)c2ccccc2n1[O-]. The van der Waals surface area contributed by atoms with Crippen molar-refractivity contribution >= 4 is 17.2 Å². The van der Waals surface area contributed by atoms with Crippen LogP contribution in [-0.4, -0.2) is 10.9 Å². The minimum atomic E-state index is 0.0266. The van der Waals surface area contributed by atoms with Gasteiger partial charge in [0.2, 0.25) is 0 Å². The van der Waals surface area contributed by atoms with Gasteiger partial charge in [-0.1, -0.05) is 12.1 Å². The first-order valence-electron chi connectivity index (χ1n) is 3.99. The van der Waals surface area contributed by atoms with Crippen molar-refractivity contribution in [2.45, 2.75) is 0 Å². The van der Waals surface area contributed by atoms with E-state index in [9.17, 15) is 10.1 Å². The molecule has 0 bridgehead atoms. The lowest BCUT2D eigenvalue weighted by Crippen LogP contribution is -2.19. The van der Waals surface area contributed by atoms with E-state index < -0.39 is 0 Å². The van der Waals surface area contributed by atoms with E-state index in [1.165, 1.54) is 0 Å². The second-order valence-corrected chi connectivity index (χ2v) is 2.81. The van der Waals surface area contributed by atoms with E-state index in [1.807, 2.05) is 0 Å². The zero-order valence-electron chi connectivity index (χ0n) is 7.18. The van der Waals surface area contributed by atoms with Crippen LogP contribution in [0, 0.1) is 15.5 Å². The van der Waals surface area contributed by atoms with Crippen LogP contribution in [0.15, 0.2) is 30.5 Å². The van der Waals surface area contributed by atoms with Crippen molar-refractivity contribution in [3.63, 3.8) is 0 Å². The molecule has 1 heterocycles. The first-order chi connectivity index (χ1) is 6.74. The maximum Gasteiger partial charge on any atom is 0.286 e. The minimum Gasteiger partial charge on any atom is -0.805 e. The lowest BCUT2D eigenvalue weighted by Gasteiger charge is -2.13. The van der Waals surface area contributed by atoms with Gasteiger partial charge in [0, 0.05) is 17.2 Å². The number of nitrogens with zero attached hydrogens (tertiary/aromatic N) is 2. The van der Waals surface area contributed by atoms with Crippen molar-refractivity contribution in [3.05, 3.63) is 46.3 Å². The number of fused-ring (bicyclic) bond motifs is 1. The van der Waals surface area contributed by atoms with Crippen molar-refractivity contribution in [3.8, 4) is 0 Å². The van der Waals surface area contributed by atoms with E-state index >= 15 is 0 Å². The van der Waals surface area contributed by atoms with Crippen LogP contribution < -0.4 is 4.43 Å². The zero-order chi connectivity index (χ0) is 10.1. The number of hydrogen-bond donors (Lipinski definition) is 1. The van der Waals surface area contributed by atoms with E-state index in [1.54, 1.807) is 24.3 Å². The molecule has 14 heavy (non-hydrogen) atoms. The summed E-state index contributed by atoms with van der Waals surface area (Å²) in [7, 11) is 0. The third kappa shape index (κ3) is 1.06. The number of hydrogen-bond acceptors (Lipinski definition) is 3. The van der Waals surface area contributed by atoms with Gasteiger partial charge in [-0.3, -0.25) is 0 Å². The molecule has 0 aliphatic carbocycles. The number of aromatic nitrogens is 2. The largest absolute Gasteiger partial charge is 0.805 e. The first-order valence-corrected chi connectivity index (χ1v) is 3.99. The van der Waals surface area contributed by atoms with Gasteiger partial charge in [-0.25, -0.2) is 0 Å². The van der Waals surface area contributed by atoms with E-state index in [0.717, 1.165) is 12.4 Å². The maximum atomic E-state index is 11.5. The highest BCUT2D eigenvalue weighted by Crippen LogP contribution is 2.08. The molecule has 5 nitrogen and oxygen atoms in total. The Kier molecular flexibility index (Phi) is 1.78. The molecular weight excluding hydrogens is 182 g/mol. The average molecular weight is 189 g/mol. The van der Waals surface area contributed by atoms with Crippen LogP contribution in [0.1, 0.15) is 5.69 Å². The fourth-order valence-electron chi connectivity index (χ4n) is 1.30. The Hall–Kier alpha value is -2.17. The predicted octanol–water partition coefficient (Wildman–Crippen LogP) is 0.899. The highest BCUT2D eigenvalue weighted by Gasteiger charge is 2.08. The van der Waals surface area contributed by atoms with Gasteiger partial charge in [-0.2, -0.15) is 0 Å². The first kappa shape index (κ1) is 8.43. The number of nitrogens with one attached hydrogen (secondary N) is 1. The molecule has 1 N–H and O–H groups in total. The van der Waals surface area contributed by atoms with Crippen LogP contribution in [0.2, 0.25) is 0 Å². The highest BCUT2D eigenvalue weighted by atomic mass is 16.5. The third-order valence-corrected chi connectivity index (χ3v) is 1.97. The molecular formula is C9H7N3O2. The standard InChI is InChI=1S/C9H7N3O2/c10-5-7-6-11(13)8-3-1-2-4-9(8)12(7)14/h1-6,10H. The van der Waals surface area contributed by atoms with Crippen molar-refractivity contribution in [1.82, 2.24) is 4.73 Å². The number of para-hydroxylation sites is 2. The summed E-state index contributed by atoms with van der Waals surface area (Å²) in [5.41, 5.74) is 0.593. The van der Waals surface area contributed by atoms with E-state index in [0.29, 0.717) is 14.7 Å². The molecule has 0 spiro atoms. The van der Waals surface area contributed by atoms with Gasteiger partial charge in [0.15, 0.2) is 0 Å². The maximum absolute atomic E-state index is 11.5. The van der Waals surface area contributed by atoms with Gasteiger partial charge in [-0.05, 0) is 6.07 Å². The van der Waals surface area contributed by atoms with Crippen LogP contribution >= 0.6 is 0 Å². The Morgan fingerprint density at radius 1 is 1.43 bits per heavy atom. The summed E-state index contributed by atoms with van der Waals surface area (Å²) in [6.45, 7) is 0. The molecule has 0 unspecified atom stereocenters. The van der Waals surface area contributed by atoms with Crippen LogP contribution in [0.4, 0.5) is 0 Å². The van der Waals surface area contributed by atoms with Crippen molar-refractivity contribution in [1.29, 1.82) is 5.41 Å². The topological polar surface area (TPSA) is 74.8 Å². The van der Waals surface area contributed by atoms with E-state index in [2.05, 4.69) is 0 Å². The Morgan fingerprint density at radius 2 is 2.14 bits per heavy atom. The van der Waals surface area contributed by atoms with Gasteiger partial charge < -0.3 is 15.3 Å². The molecule has 0 amide bonds. The summed E-state index contributed by atoms with van der Waals surface area (Å²) in [4.78, 5) is 11.4. The molecule has 0 atom stereocenters. The zero-order valence-corrected chi connectivity index (χ0v) is 7.18. The molecule has 0 saturated heterocycles. The van der Waals surface area contributed by atoms with Gasteiger partial charge in [0.05, 0.1) is 4.43 Å². The molecule has 1 aromatic carbocycles. The quantitative estimate of drug-likeness (QED) is 0.534. The lowest BCUT2D eigenvalue weighted by atomic mass is 10.3. The van der Waals surface area contributed by atoms with Gasteiger partial charge in [0.25, 0.3) is 11.7 Å². The molecule has 5 heteroatoms. The number of benzene rings is 1. The average Bonchev–Trinajstić information content (AvgIpc) is 2.23. The van der Waals surface area contributed by atoms with Crippen molar-refractivity contribution in [2.75, 3.05) is 0 Å². The second-order valence-electron chi connectivity index (χ2n) is 2.81. The highest BCUT2D eigenvalue weighted by molar-refractivity contribution is 5.79. The normalized spacial score (nSPS) is 10.3. The monoisotopic (exact) mass is 189 g/mol. The Labute approximate surface area is 78.9 Å². The summed E-state index contributed by atoms with van der Waals surface area (Å²) in [5.74, 6) is 0. The minimum absolute atomic E-state index is 0.0266. The van der Waals surface area contributed by atoms with Crippen LogP contribution in [0.5, 0.6) is 0 Å². The molecule has 0 aliphatic heterocycles. The summed E-state index contributed by atoms with van der Waals surface area (Å²) in [5, 5.41) is 18.5. The molecule has 0 fully saturated rings. The smallest absolute Gasteiger partial charge is 0.286 e. The van der Waals surface area contributed by atoms with E-state index in [-0.39, 0.29) is 11.2 Å². The Morgan fingerprint density at radius 3 is 2.86 bits per heavy atom. The third-order valence-electron chi connectivity index (χ3n) is 1.97. The molecule has 70 valence electrons. The summed E-state index contributed by atoms with van der Waals surface area (Å²) >= 11 is 0. The summed E-state index contributed by atoms with van der Waals surface area (Å²) < 4.78 is 1.15. The fraction of sp³-hybridized carbons (Fsp3) is 0. The van der Waals surface area contributed by atoms with Gasteiger partial charge in [0.1, 0.15) is 11.2 Å². The molecule has 0 saturated carbocycles. The predicted molar refractivity (Wildman–Crippen MR) is 52.0 cm³/mol. The van der Waals surface area contributed by atoms with Crippen molar-refractivity contribution in [2.24, 2.45) is 0 Å². The van der Waals surface area contributed by atoms with Crippen LogP contribution in [0.3, 0.4) is 0 Å². The molecule has 0 aliphatic rings. The lowest BCUT2D eigenvalue weighted by molar-refractivity contribution is -0.464. The van der Waals surface area contributed by atoms with E-state index in [4.69, 9.17) is 5.41 Å². The summed E-state index contributed by atoms with van der Waals surface area (Å²) in [6.07, 6.45) is 1.94. The van der Waals surface area contributed by atoms with Crippen LogP contribution in [-0.2, 0) is 0 Å². The second kappa shape index (κ2) is 2.95. The molecule has 1 aromatic heterocycles. The molecule has 2 aromatic rings. The molecule has 0 radical (unpaired) electrons. The number of rotatable bonds is 1.